The van der Waals surface area contributed by atoms with Gasteiger partial charge in [0, 0.05) is 24.2 Å². The minimum absolute atomic E-state index is 0.169. The molecule has 10 heteroatoms. The number of ether oxygens (including phenoxy) is 3. The average molecular weight is 497 g/mol. The van der Waals surface area contributed by atoms with Gasteiger partial charge in [-0.3, -0.25) is 0 Å². The third-order valence-corrected chi connectivity index (χ3v) is 5.77. The van der Waals surface area contributed by atoms with Crippen LogP contribution in [0.15, 0.2) is 53.1 Å². The van der Waals surface area contributed by atoms with Crippen molar-refractivity contribution in [2.75, 3.05) is 31.2 Å². The summed E-state index contributed by atoms with van der Waals surface area (Å²) in [5.74, 6) is 2.12. The number of fused-ring (bicyclic) bond motifs is 1. The van der Waals surface area contributed by atoms with Gasteiger partial charge in [-0.05, 0) is 42.5 Å². The van der Waals surface area contributed by atoms with Crippen LogP contribution in [-0.4, -0.2) is 36.4 Å². The van der Waals surface area contributed by atoms with Crippen LogP contribution in [0.3, 0.4) is 0 Å². The molecule has 172 valence electrons. The second-order valence-electron chi connectivity index (χ2n) is 7.52. The van der Waals surface area contributed by atoms with Gasteiger partial charge in [-0.25, -0.2) is 0 Å². The molecule has 0 spiro atoms. The Balaban J connectivity index is 1.30. The number of aromatic nitrogens is 2. The van der Waals surface area contributed by atoms with Gasteiger partial charge in [0.25, 0.3) is 5.71 Å². The van der Waals surface area contributed by atoms with Gasteiger partial charge in [0.2, 0.25) is 0 Å². The van der Waals surface area contributed by atoms with Crippen molar-refractivity contribution >= 4 is 40.1 Å². The third-order valence-electron chi connectivity index (χ3n) is 5.24. The zero-order valence-corrected chi connectivity index (χ0v) is 19.3. The van der Waals surface area contributed by atoms with E-state index in [1.807, 2.05) is 18.2 Å². The van der Waals surface area contributed by atoms with E-state index in [9.17, 15) is 0 Å². The molecule has 1 aliphatic rings. The highest BCUT2D eigenvalue weighted by Crippen LogP contribution is 2.34. The summed E-state index contributed by atoms with van der Waals surface area (Å²) in [7, 11) is 0. The van der Waals surface area contributed by atoms with E-state index in [0.29, 0.717) is 57.5 Å². The lowest BCUT2D eigenvalue weighted by molar-refractivity contribution is 0.122. The Labute approximate surface area is 205 Å². The lowest BCUT2D eigenvalue weighted by Crippen LogP contribution is -2.36. The van der Waals surface area contributed by atoms with Crippen LogP contribution in [0, 0.1) is 11.3 Å². The second-order valence-corrected chi connectivity index (χ2v) is 8.36. The molecule has 0 aliphatic carbocycles. The highest BCUT2D eigenvalue weighted by molar-refractivity contribution is 6.32. The summed E-state index contributed by atoms with van der Waals surface area (Å²) < 4.78 is 22.6. The molecule has 2 aromatic heterocycles. The first-order chi connectivity index (χ1) is 16.6. The quantitative estimate of drug-likeness (QED) is 0.340. The molecular weight excluding hydrogens is 479 g/mol. The summed E-state index contributed by atoms with van der Waals surface area (Å²) in [4.78, 5) is 6.73. The summed E-state index contributed by atoms with van der Waals surface area (Å²) in [5, 5.41) is 14.8. The third kappa shape index (κ3) is 4.87. The molecule has 34 heavy (non-hydrogen) atoms. The molecule has 0 atom stereocenters. The van der Waals surface area contributed by atoms with Gasteiger partial charge in [-0.15, -0.1) is 0 Å². The molecule has 1 aliphatic heterocycles. The van der Waals surface area contributed by atoms with Crippen molar-refractivity contribution in [3.63, 3.8) is 0 Å². The number of morpholine rings is 1. The summed E-state index contributed by atoms with van der Waals surface area (Å²) >= 11 is 12.3. The minimum atomic E-state index is 0.169. The van der Waals surface area contributed by atoms with Crippen LogP contribution in [-0.2, 0) is 11.3 Å². The van der Waals surface area contributed by atoms with Crippen molar-refractivity contribution in [3.05, 3.63) is 69.8 Å². The average Bonchev–Trinajstić information content (AvgIpc) is 3.27. The Bertz CT molecular complexity index is 1380. The highest BCUT2D eigenvalue weighted by atomic mass is 35.5. The van der Waals surface area contributed by atoms with Crippen molar-refractivity contribution in [2.24, 2.45) is 0 Å². The predicted octanol–water partition coefficient (Wildman–Crippen LogP) is 5.61. The highest BCUT2D eigenvalue weighted by Gasteiger charge is 2.16. The van der Waals surface area contributed by atoms with Crippen LogP contribution in [0.4, 0.5) is 5.82 Å². The van der Waals surface area contributed by atoms with E-state index in [2.05, 4.69) is 15.0 Å². The number of rotatable bonds is 6. The minimum Gasteiger partial charge on any atom is -0.487 e. The van der Waals surface area contributed by atoms with Crippen LogP contribution in [0.25, 0.3) is 11.1 Å². The molecule has 0 amide bonds. The number of nitriles is 1. The molecule has 2 aromatic carbocycles. The van der Waals surface area contributed by atoms with Crippen LogP contribution >= 0.6 is 23.2 Å². The second kappa shape index (κ2) is 9.77. The number of hydrogen-bond acceptors (Lipinski definition) is 8. The zero-order chi connectivity index (χ0) is 23.5. The van der Waals surface area contributed by atoms with Gasteiger partial charge >= 0.3 is 0 Å². The lowest BCUT2D eigenvalue weighted by atomic mass is 10.2. The maximum atomic E-state index is 9.13. The fraction of sp³-hybridized carbons (Fsp3) is 0.208. The largest absolute Gasteiger partial charge is 0.487 e. The van der Waals surface area contributed by atoms with Crippen LogP contribution < -0.4 is 14.4 Å². The van der Waals surface area contributed by atoms with Gasteiger partial charge in [0.1, 0.15) is 35.4 Å². The van der Waals surface area contributed by atoms with E-state index in [1.165, 1.54) is 0 Å². The molecule has 0 bridgehead atoms. The topological polar surface area (TPSA) is 93.6 Å². The molecule has 8 nitrogen and oxygen atoms in total. The van der Waals surface area contributed by atoms with E-state index in [1.54, 1.807) is 36.4 Å². The summed E-state index contributed by atoms with van der Waals surface area (Å²) in [6, 6.07) is 15.7. The first-order valence-electron chi connectivity index (χ1n) is 10.5. The van der Waals surface area contributed by atoms with E-state index < -0.39 is 0 Å². The Morgan fingerprint density at radius 1 is 1.03 bits per heavy atom. The summed E-state index contributed by atoms with van der Waals surface area (Å²) in [5.41, 5.74) is 1.47. The smallest absolute Gasteiger partial charge is 0.260 e. The van der Waals surface area contributed by atoms with Crippen molar-refractivity contribution in [2.45, 2.75) is 6.61 Å². The molecule has 0 N–H and O–H groups in total. The SMILES string of the molecule is N#Cc1cc(Cl)cc(Oc2cc(OCc3noc4nc(N5CCOCC5)ccc34)ccc2Cl)c1. The van der Waals surface area contributed by atoms with Gasteiger partial charge in [0.05, 0.1) is 35.3 Å². The summed E-state index contributed by atoms with van der Waals surface area (Å²) in [6.07, 6.45) is 0. The molecule has 0 radical (unpaired) electrons. The molecule has 1 fully saturated rings. The van der Waals surface area contributed by atoms with Crippen molar-refractivity contribution in [1.29, 1.82) is 5.26 Å². The zero-order valence-electron chi connectivity index (χ0n) is 17.8. The maximum absolute atomic E-state index is 9.13. The van der Waals surface area contributed by atoms with Gasteiger partial charge in [0.15, 0.2) is 0 Å². The Hall–Kier alpha value is -3.51. The molecule has 5 rings (SSSR count). The van der Waals surface area contributed by atoms with Gasteiger partial charge in [-0.1, -0.05) is 28.4 Å². The molecule has 3 heterocycles. The first kappa shape index (κ1) is 22.3. The van der Waals surface area contributed by atoms with Crippen LogP contribution in [0.5, 0.6) is 17.2 Å². The summed E-state index contributed by atoms with van der Waals surface area (Å²) in [6.45, 7) is 3.10. The number of pyridine rings is 1. The standard InChI is InChI=1S/C24H18Cl2N4O4/c25-16-9-15(13-27)10-18(11-16)33-22-12-17(1-3-20(22)26)32-14-21-19-2-4-23(28-24(19)34-29-21)30-5-7-31-8-6-30/h1-4,9-12H,5-8,14H2. The number of halogens is 2. The fourth-order valence-corrected chi connectivity index (χ4v) is 3.94. The molecule has 0 saturated carbocycles. The lowest BCUT2D eigenvalue weighted by Gasteiger charge is -2.27. The molecular formula is C24H18Cl2N4O4. The Kier molecular flexibility index (Phi) is 6.41. The number of nitrogens with zero attached hydrogens (tertiary/aromatic N) is 4. The predicted molar refractivity (Wildman–Crippen MR) is 127 cm³/mol. The normalized spacial score (nSPS) is 13.6. The van der Waals surface area contributed by atoms with Crippen LogP contribution in [0.2, 0.25) is 10.0 Å². The Morgan fingerprint density at radius 2 is 1.88 bits per heavy atom. The van der Waals surface area contributed by atoms with Crippen molar-refractivity contribution in [1.82, 2.24) is 10.1 Å². The Morgan fingerprint density at radius 3 is 2.71 bits per heavy atom. The van der Waals surface area contributed by atoms with Gasteiger partial charge < -0.3 is 23.6 Å². The van der Waals surface area contributed by atoms with E-state index in [4.69, 9.17) is 47.2 Å². The monoisotopic (exact) mass is 496 g/mol. The van der Waals surface area contributed by atoms with Gasteiger partial charge in [-0.2, -0.15) is 10.2 Å². The van der Waals surface area contributed by atoms with E-state index in [0.717, 1.165) is 24.3 Å². The molecule has 1 saturated heterocycles. The molecule has 0 unspecified atom stereocenters. The van der Waals surface area contributed by atoms with E-state index in [-0.39, 0.29) is 6.61 Å². The van der Waals surface area contributed by atoms with Crippen molar-refractivity contribution < 1.29 is 18.7 Å². The van der Waals surface area contributed by atoms with Crippen LogP contribution in [0.1, 0.15) is 11.3 Å². The number of benzene rings is 2. The first-order valence-corrected chi connectivity index (χ1v) is 11.2. The molecule has 4 aromatic rings. The fourth-order valence-electron chi connectivity index (χ4n) is 3.56. The van der Waals surface area contributed by atoms with Crippen molar-refractivity contribution in [3.8, 4) is 23.3 Å². The maximum Gasteiger partial charge on any atom is 0.260 e. The van der Waals surface area contributed by atoms with E-state index >= 15 is 0 Å². The number of hydrogen-bond donors (Lipinski definition) is 0. The number of anilines is 1.